The van der Waals surface area contributed by atoms with Crippen molar-refractivity contribution in [3.8, 4) is 16.9 Å². The van der Waals surface area contributed by atoms with Gasteiger partial charge in [-0.15, -0.1) is 0 Å². The van der Waals surface area contributed by atoms with Crippen molar-refractivity contribution in [3.05, 3.63) is 42.1 Å². The van der Waals surface area contributed by atoms with Crippen LogP contribution in [0, 0.1) is 6.92 Å². The Morgan fingerprint density at radius 3 is 2.81 bits per heavy atom. The predicted octanol–water partition coefficient (Wildman–Crippen LogP) is 2.65. The van der Waals surface area contributed by atoms with Crippen molar-refractivity contribution in [1.29, 1.82) is 0 Å². The first-order chi connectivity index (χ1) is 7.70. The minimum Gasteiger partial charge on any atom is -0.497 e. The SMILES string of the molecule is COc1cccc(-c2cc(C)cnc2N)c1. The molecule has 2 rings (SSSR count). The topological polar surface area (TPSA) is 48.1 Å². The molecule has 0 saturated carbocycles. The van der Waals surface area contributed by atoms with Crippen LogP contribution in [0.25, 0.3) is 11.1 Å². The molecule has 1 aromatic heterocycles. The first kappa shape index (κ1) is 10.5. The van der Waals surface area contributed by atoms with Crippen LogP contribution in [0.2, 0.25) is 0 Å². The number of nitrogens with two attached hydrogens (primary N) is 1. The van der Waals surface area contributed by atoms with E-state index in [4.69, 9.17) is 10.5 Å². The van der Waals surface area contributed by atoms with E-state index in [9.17, 15) is 0 Å². The van der Waals surface area contributed by atoms with Crippen LogP contribution < -0.4 is 10.5 Å². The molecule has 0 aliphatic rings. The van der Waals surface area contributed by atoms with Gasteiger partial charge in [0.25, 0.3) is 0 Å². The Morgan fingerprint density at radius 1 is 1.25 bits per heavy atom. The fraction of sp³-hybridized carbons (Fsp3) is 0.154. The standard InChI is InChI=1S/C13H14N2O/c1-9-6-12(13(14)15-8-9)10-4-3-5-11(7-10)16-2/h3-8H,1-2H3,(H2,14,15). The van der Waals surface area contributed by atoms with Gasteiger partial charge in [-0.05, 0) is 36.2 Å². The van der Waals surface area contributed by atoms with Crippen molar-refractivity contribution in [2.45, 2.75) is 6.92 Å². The van der Waals surface area contributed by atoms with Crippen molar-refractivity contribution in [3.63, 3.8) is 0 Å². The van der Waals surface area contributed by atoms with Crippen LogP contribution >= 0.6 is 0 Å². The maximum absolute atomic E-state index is 5.86. The molecule has 16 heavy (non-hydrogen) atoms. The molecule has 2 aromatic rings. The second kappa shape index (κ2) is 4.23. The zero-order valence-corrected chi connectivity index (χ0v) is 9.40. The van der Waals surface area contributed by atoms with Crippen LogP contribution in [0.1, 0.15) is 5.56 Å². The number of pyridine rings is 1. The van der Waals surface area contributed by atoms with Crippen molar-refractivity contribution in [2.75, 3.05) is 12.8 Å². The smallest absolute Gasteiger partial charge is 0.131 e. The number of nitrogen functional groups attached to an aromatic ring is 1. The molecule has 0 unspecified atom stereocenters. The van der Waals surface area contributed by atoms with E-state index in [1.165, 1.54) is 0 Å². The normalized spacial score (nSPS) is 10.1. The lowest BCUT2D eigenvalue weighted by atomic mass is 10.0. The van der Waals surface area contributed by atoms with Crippen molar-refractivity contribution in [1.82, 2.24) is 4.98 Å². The maximum atomic E-state index is 5.86. The average molecular weight is 214 g/mol. The highest BCUT2D eigenvalue weighted by Gasteiger charge is 2.04. The van der Waals surface area contributed by atoms with Gasteiger partial charge >= 0.3 is 0 Å². The summed E-state index contributed by atoms with van der Waals surface area (Å²) in [6, 6.07) is 9.82. The van der Waals surface area contributed by atoms with Gasteiger partial charge in [-0.25, -0.2) is 4.98 Å². The molecule has 1 aromatic carbocycles. The van der Waals surface area contributed by atoms with Crippen LogP contribution in [0.5, 0.6) is 5.75 Å². The first-order valence-corrected chi connectivity index (χ1v) is 5.07. The van der Waals surface area contributed by atoms with Crippen LogP contribution in [-0.2, 0) is 0 Å². The van der Waals surface area contributed by atoms with E-state index in [1.54, 1.807) is 13.3 Å². The van der Waals surface area contributed by atoms with Crippen molar-refractivity contribution < 1.29 is 4.74 Å². The molecule has 0 aliphatic heterocycles. The molecule has 0 amide bonds. The third-order valence-electron chi connectivity index (χ3n) is 2.44. The third kappa shape index (κ3) is 1.98. The molecule has 0 saturated heterocycles. The minimum absolute atomic E-state index is 0.541. The Morgan fingerprint density at radius 2 is 2.06 bits per heavy atom. The van der Waals surface area contributed by atoms with Gasteiger partial charge in [-0.3, -0.25) is 0 Å². The molecule has 0 radical (unpaired) electrons. The van der Waals surface area contributed by atoms with Crippen LogP contribution in [0.3, 0.4) is 0 Å². The summed E-state index contributed by atoms with van der Waals surface area (Å²) in [6.45, 7) is 2.00. The molecule has 3 nitrogen and oxygen atoms in total. The summed E-state index contributed by atoms with van der Waals surface area (Å²) in [4.78, 5) is 4.15. The summed E-state index contributed by atoms with van der Waals surface area (Å²) in [5.41, 5.74) is 8.92. The van der Waals surface area contributed by atoms with Crippen LogP contribution in [0.4, 0.5) is 5.82 Å². The van der Waals surface area contributed by atoms with Crippen LogP contribution in [0.15, 0.2) is 36.5 Å². The van der Waals surface area contributed by atoms with Gasteiger partial charge in [0.15, 0.2) is 0 Å². The molecule has 82 valence electrons. The molecule has 0 atom stereocenters. The lowest BCUT2D eigenvalue weighted by Gasteiger charge is -2.07. The highest BCUT2D eigenvalue weighted by Crippen LogP contribution is 2.27. The van der Waals surface area contributed by atoms with E-state index >= 15 is 0 Å². The number of methoxy groups -OCH3 is 1. The molecular weight excluding hydrogens is 200 g/mol. The molecule has 3 heteroatoms. The predicted molar refractivity (Wildman–Crippen MR) is 65.4 cm³/mol. The summed E-state index contributed by atoms with van der Waals surface area (Å²) >= 11 is 0. The quantitative estimate of drug-likeness (QED) is 0.836. The Kier molecular flexibility index (Phi) is 2.77. The van der Waals surface area contributed by atoms with E-state index < -0.39 is 0 Å². The Hall–Kier alpha value is -2.03. The molecule has 2 N–H and O–H groups in total. The fourth-order valence-electron chi connectivity index (χ4n) is 1.60. The molecule has 0 aliphatic carbocycles. The number of rotatable bonds is 2. The second-order valence-corrected chi connectivity index (χ2v) is 3.68. The highest BCUT2D eigenvalue weighted by molar-refractivity contribution is 5.74. The summed E-state index contributed by atoms with van der Waals surface area (Å²) in [7, 11) is 1.65. The number of aryl methyl sites for hydroxylation is 1. The van der Waals surface area contributed by atoms with E-state index in [-0.39, 0.29) is 0 Å². The Balaban J connectivity index is 2.53. The number of nitrogens with zero attached hydrogens (tertiary/aromatic N) is 1. The highest BCUT2D eigenvalue weighted by atomic mass is 16.5. The number of hydrogen-bond acceptors (Lipinski definition) is 3. The zero-order chi connectivity index (χ0) is 11.5. The van der Waals surface area contributed by atoms with Gasteiger partial charge in [0.2, 0.25) is 0 Å². The number of anilines is 1. The number of ether oxygens (including phenoxy) is 1. The van der Waals surface area contributed by atoms with Gasteiger partial charge in [0.1, 0.15) is 11.6 Å². The number of aromatic nitrogens is 1. The second-order valence-electron chi connectivity index (χ2n) is 3.68. The fourth-order valence-corrected chi connectivity index (χ4v) is 1.60. The number of benzene rings is 1. The molecule has 0 spiro atoms. The minimum atomic E-state index is 0.541. The average Bonchev–Trinajstić information content (AvgIpc) is 2.32. The Bertz CT molecular complexity index is 509. The van der Waals surface area contributed by atoms with Gasteiger partial charge in [-0.1, -0.05) is 12.1 Å². The molecule has 0 fully saturated rings. The van der Waals surface area contributed by atoms with Crippen molar-refractivity contribution >= 4 is 5.82 Å². The van der Waals surface area contributed by atoms with E-state index in [0.717, 1.165) is 22.4 Å². The third-order valence-corrected chi connectivity index (χ3v) is 2.44. The van der Waals surface area contributed by atoms with Gasteiger partial charge in [0.05, 0.1) is 7.11 Å². The summed E-state index contributed by atoms with van der Waals surface area (Å²) in [6.07, 6.45) is 1.76. The van der Waals surface area contributed by atoms with E-state index in [2.05, 4.69) is 4.98 Å². The zero-order valence-electron chi connectivity index (χ0n) is 9.40. The summed E-state index contributed by atoms with van der Waals surface area (Å²) < 4.78 is 5.19. The van der Waals surface area contributed by atoms with E-state index in [1.807, 2.05) is 37.3 Å². The molecular formula is C13H14N2O. The van der Waals surface area contributed by atoms with Gasteiger partial charge < -0.3 is 10.5 Å². The van der Waals surface area contributed by atoms with Crippen molar-refractivity contribution in [2.24, 2.45) is 0 Å². The van der Waals surface area contributed by atoms with E-state index in [0.29, 0.717) is 5.82 Å². The molecule has 0 bridgehead atoms. The number of hydrogen-bond donors (Lipinski definition) is 1. The maximum Gasteiger partial charge on any atom is 0.131 e. The largest absolute Gasteiger partial charge is 0.497 e. The lowest BCUT2D eigenvalue weighted by Crippen LogP contribution is -1.95. The Labute approximate surface area is 94.9 Å². The summed E-state index contributed by atoms with van der Waals surface area (Å²) in [5.74, 6) is 1.36. The summed E-state index contributed by atoms with van der Waals surface area (Å²) in [5, 5.41) is 0. The monoisotopic (exact) mass is 214 g/mol. The first-order valence-electron chi connectivity index (χ1n) is 5.07. The van der Waals surface area contributed by atoms with Crippen LogP contribution in [-0.4, -0.2) is 12.1 Å². The van der Waals surface area contributed by atoms with Gasteiger partial charge in [0, 0.05) is 11.8 Å². The lowest BCUT2D eigenvalue weighted by molar-refractivity contribution is 0.415. The molecule has 1 heterocycles. The van der Waals surface area contributed by atoms with Gasteiger partial charge in [-0.2, -0.15) is 0 Å².